The fourth-order valence-corrected chi connectivity index (χ4v) is 3.08. The number of ether oxygens (including phenoxy) is 1. The number of nitrogens with zero attached hydrogens (tertiary/aromatic N) is 1. The fourth-order valence-electron chi connectivity index (χ4n) is 2.59. The van der Waals surface area contributed by atoms with Gasteiger partial charge in [-0.25, -0.2) is 4.79 Å². The predicted molar refractivity (Wildman–Crippen MR) is 103 cm³/mol. The molecule has 3 amide bonds. The molecule has 1 saturated heterocycles. The molecule has 1 fully saturated rings. The van der Waals surface area contributed by atoms with Gasteiger partial charge in [0, 0.05) is 13.1 Å². The first kappa shape index (κ1) is 23.0. The zero-order valence-corrected chi connectivity index (χ0v) is 16.2. The average Bonchev–Trinajstić information content (AvgIpc) is 2.64. The van der Waals surface area contributed by atoms with Crippen molar-refractivity contribution < 1.29 is 24.4 Å². The highest BCUT2D eigenvalue weighted by Gasteiger charge is 2.30. The van der Waals surface area contributed by atoms with E-state index < -0.39 is 25.0 Å². The van der Waals surface area contributed by atoms with Crippen LogP contribution in [0.2, 0.25) is 0 Å². The third-order valence-electron chi connectivity index (χ3n) is 4.18. The lowest BCUT2D eigenvalue weighted by Crippen LogP contribution is -2.56. The van der Waals surface area contributed by atoms with Gasteiger partial charge in [-0.1, -0.05) is 0 Å². The molecule has 2 atom stereocenters. The molecule has 1 rings (SSSR count). The Hall–Kier alpha value is -1.01. The lowest BCUT2D eigenvalue weighted by Gasteiger charge is -2.29. The van der Waals surface area contributed by atoms with Gasteiger partial charge in [-0.15, -0.1) is 0 Å². The molecule has 6 N–H and O–H groups in total. The van der Waals surface area contributed by atoms with Gasteiger partial charge in [0.15, 0.2) is 0 Å². The summed E-state index contributed by atoms with van der Waals surface area (Å²) in [5, 5.41) is 24.4. The summed E-state index contributed by atoms with van der Waals surface area (Å²) in [5.74, 6) is -0.504. The third-order valence-corrected chi connectivity index (χ3v) is 4.82. The largest absolute Gasteiger partial charge is 0.475 e. The van der Waals surface area contributed by atoms with Crippen molar-refractivity contribution in [2.45, 2.75) is 37.7 Å². The summed E-state index contributed by atoms with van der Waals surface area (Å²) in [5.41, 5.74) is 5.51. The van der Waals surface area contributed by atoms with Gasteiger partial charge in [0.05, 0.1) is 19.2 Å². The summed E-state index contributed by atoms with van der Waals surface area (Å²) in [6.45, 7) is 2.43. The molecule has 9 nitrogen and oxygen atoms in total. The minimum Gasteiger partial charge on any atom is -0.426 e. The summed E-state index contributed by atoms with van der Waals surface area (Å²) in [7, 11) is -1.65. The summed E-state index contributed by atoms with van der Waals surface area (Å²) < 4.78 is 5.23. The van der Waals surface area contributed by atoms with E-state index in [2.05, 4.69) is 10.6 Å². The van der Waals surface area contributed by atoms with E-state index in [0.717, 1.165) is 6.42 Å². The molecule has 0 unspecified atom stereocenters. The molecule has 0 saturated carbocycles. The van der Waals surface area contributed by atoms with Crippen LogP contribution in [0, 0.1) is 0 Å². The van der Waals surface area contributed by atoms with Gasteiger partial charge in [0.25, 0.3) is 0 Å². The molecule has 11 heteroatoms. The van der Waals surface area contributed by atoms with Crippen molar-refractivity contribution >= 4 is 30.8 Å². The van der Waals surface area contributed by atoms with E-state index in [1.807, 2.05) is 6.26 Å². The highest BCUT2D eigenvalue weighted by atomic mass is 32.2. The van der Waals surface area contributed by atoms with E-state index >= 15 is 0 Å². The number of hydrogen-bond acceptors (Lipinski definition) is 7. The number of nitrogens with one attached hydrogen (secondary N) is 2. The van der Waals surface area contributed by atoms with Gasteiger partial charge in [-0.05, 0) is 44.2 Å². The summed E-state index contributed by atoms with van der Waals surface area (Å²) >= 11 is 1.55. The number of thioether (sulfide) groups is 1. The lowest BCUT2D eigenvalue weighted by atomic mass is 9.77. The van der Waals surface area contributed by atoms with Gasteiger partial charge in [0.2, 0.25) is 5.91 Å². The van der Waals surface area contributed by atoms with Gasteiger partial charge in [-0.3, -0.25) is 4.79 Å². The van der Waals surface area contributed by atoms with Crippen LogP contribution in [0.15, 0.2) is 0 Å². The highest BCUT2D eigenvalue weighted by Crippen LogP contribution is 2.07. The number of urea groups is 1. The van der Waals surface area contributed by atoms with Gasteiger partial charge >= 0.3 is 13.1 Å². The van der Waals surface area contributed by atoms with E-state index in [9.17, 15) is 19.6 Å². The number of carbonyl (C=O) groups excluding carboxylic acids is 2. The van der Waals surface area contributed by atoms with Crippen molar-refractivity contribution in [1.29, 1.82) is 0 Å². The quantitative estimate of drug-likeness (QED) is 0.220. The first-order valence-corrected chi connectivity index (χ1v) is 10.4. The minimum atomic E-state index is -1.65. The maximum absolute atomic E-state index is 12.6. The lowest BCUT2D eigenvalue weighted by molar-refractivity contribution is -0.123. The first-order chi connectivity index (χ1) is 12.5. The zero-order valence-electron chi connectivity index (χ0n) is 15.4. The Morgan fingerprint density at radius 2 is 1.92 bits per heavy atom. The zero-order chi connectivity index (χ0) is 19.4. The third kappa shape index (κ3) is 8.59. The molecule has 0 spiro atoms. The van der Waals surface area contributed by atoms with Crippen LogP contribution >= 0.6 is 11.8 Å². The standard InChI is InChI=1S/C15H31BN4O5S/c1-26-11-5-13(16(23)24)19-14(21)12(4-2-3-6-17)18-15(22)20-7-9-25-10-8-20/h12-13,23-24H,2-11,17H2,1H3,(H,18,22)(H,19,21)/t12-,13-/m0/s1. The van der Waals surface area contributed by atoms with Crippen LogP contribution in [-0.4, -0.2) is 90.8 Å². The van der Waals surface area contributed by atoms with E-state index in [1.54, 1.807) is 16.7 Å². The smallest absolute Gasteiger partial charge is 0.426 e. The van der Waals surface area contributed by atoms with Crippen LogP contribution in [0.1, 0.15) is 25.7 Å². The van der Waals surface area contributed by atoms with Crippen molar-refractivity contribution in [3.05, 3.63) is 0 Å². The molecular formula is C15H31BN4O5S. The number of carbonyl (C=O) groups is 2. The first-order valence-electron chi connectivity index (χ1n) is 8.98. The minimum absolute atomic E-state index is 0.314. The summed E-state index contributed by atoms with van der Waals surface area (Å²) in [6, 6.07) is -1.06. The molecule has 0 aliphatic carbocycles. The monoisotopic (exact) mass is 390 g/mol. The predicted octanol–water partition coefficient (Wildman–Crippen LogP) is -1.22. The van der Waals surface area contributed by atoms with Crippen molar-refractivity contribution in [2.75, 3.05) is 44.9 Å². The van der Waals surface area contributed by atoms with E-state index in [1.165, 1.54) is 0 Å². The number of nitrogens with two attached hydrogens (primary N) is 1. The maximum atomic E-state index is 12.6. The number of morpholine rings is 1. The Morgan fingerprint density at radius 3 is 2.50 bits per heavy atom. The normalized spacial score (nSPS) is 16.7. The molecular weight excluding hydrogens is 359 g/mol. The molecule has 26 heavy (non-hydrogen) atoms. The molecule has 150 valence electrons. The van der Waals surface area contributed by atoms with E-state index in [4.69, 9.17) is 10.5 Å². The van der Waals surface area contributed by atoms with E-state index in [-0.39, 0.29) is 6.03 Å². The molecule has 0 aromatic rings. The number of unbranched alkanes of at least 4 members (excludes halogenated alkanes) is 1. The van der Waals surface area contributed by atoms with Gasteiger partial charge < -0.3 is 36.1 Å². The van der Waals surface area contributed by atoms with Crippen molar-refractivity contribution in [2.24, 2.45) is 5.73 Å². The number of rotatable bonds is 11. The SMILES string of the molecule is CSCC[C@H](NC(=O)[C@H](CCCCN)NC(=O)N1CCOCC1)B(O)O. The van der Waals surface area contributed by atoms with Crippen LogP contribution in [0.4, 0.5) is 4.79 Å². The molecule has 0 aromatic carbocycles. The van der Waals surface area contributed by atoms with Crippen LogP contribution in [0.5, 0.6) is 0 Å². The second-order valence-electron chi connectivity index (χ2n) is 6.20. The van der Waals surface area contributed by atoms with Gasteiger partial charge in [0.1, 0.15) is 6.04 Å². The van der Waals surface area contributed by atoms with Crippen molar-refractivity contribution in [3.8, 4) is 0 Å². The van der Waals surface area contributed by atoms with Crippen molar-refractivity contribution in [3.63, 3.8) is 0 Å². The molecule has 0 radical (unpaired) electrons. The second-order valence-corrected chi connectivity index (χ2v) is 7.18. The Bertz CT molecular complexity index is 427. The Labute approximate surface area is 159 Å². The Morgan fingerprint density at radius 1 is 1.23 bits per heavy atom. The van der Waals surface area contributed by atoms with Gasteiger partial charge in [-0.2, -0.15) is 11.8 Å². The average molecular weight is 390 g/mol. The topological polar surface area (TPSA) is 137 Å². The Balaban J connectivity index is 2.66. The molecule has 1 aliphatic heterocycles. The summed E-state index contributed by atoms with van der Waals surface area (Å²) in [4.78, 5) is 26.6. The molecule has 1 aliphatic rings. The van der Waals surface area contributed by atoms with Crippen molar-refractivity contribution in [1.82, 2.24) is 15.5 Å². The summed E-state index contributed by atoms with van der Waals surface area (Å²) in [6.07, 6.45) is 4.21. The molecule has 0 bridgehead atoms. The molecule has 0 aromatic heterocycles. The number of amides is 3. The van der Waals surface area contributed by atoms with Crippen LogP contribution in [0.25, 0.3) is 0 Å². The molecule has 1 heterocycles. The maximum Gasteiger partial charge on any atom is 0.475 e. The highest BCUT2D eigenvalue weighted by molar-refractivity contribution is 7.98. The van der Waals surface area contributed by atoms with E-state index in [0.29, 0.717) is 57.9 Å². The van der Waals surface area contributed by atoms with Crippen LogP contribution in [-0.2, 0) is 9.53 Å². The van der Waals surface area contributed by atoms with Crippen LogP contribution < -0.4 is 16.4 Å². The number of hydrogen-bond donors (Lipinski definition) is 5. The fraction of sp³-hybridized carbons (Fsp3) is 0.867. The van der Waals surface area contributed by atoms with Crippen LogP contribution in [0.3, 0.4) is 0 Å². The Kier molecular flexibility index (Phi) is 11.7. The second kappa shape index (κ2) is 13.2.